The van der Waals surface area contributed by atoms with E-state index in [0.29, 0.717) is 18.8 Å². The first-order chi connectivity index (χ1) is 7.56. The third-order valence-electron chi connectivity index (χ3n) is 1.94. The number of hydrogen-bond donors (Lipinski definition) is 3. The number of hydrogen-bond acceptors (Lipinski definition) is 5. The van der Waals surface area contributed by atoms with E-state index in [9.17, 15) is 14.9 Å². The second kappa shape index (κ2) is 6.66. The molecule has 0 heterocycles. The number of nitro benzene ring substituents is 1. The highest BCUT2D eigenvalue weighted by Crippen LogP contribution is 2.25. The van der Waals surface area contributed by atoms with Gasteiger partial charge < -0.3 is 16.8 Å². The van der Waals surface area contributed by atoms with Gasteiger partial charge in [-0.05, 0) is 12.1 Å². The summed E-state index contributed by atoms with van der Waals surface area (Å²) in [7, 11) is 0. The molecule has 0 fully saturated rings. The van der Waals surface area contributed by atoms with Crippen LogP contribution in [-0.4, -0.2) is 23.9 Å². The van der Waals surface area contributed by atoms with Gasteiger partial charge in [-0.25, -0.2) is 0 Å². The Bertz CT molecular complexity index is 425. The van der Waals surface area contributed by atoms with Crippen LogP contribution in [0.2, 0.25) is 0 Å². The Labute approximate surface area is 104 Å². The third kappa shape index (κ3) is 3.89. The molecule has 0 aliphatic heterocycles. The Hall–Kier alpha value is -1.86. The summed E-state index contributed by atoms with van der Waals surface area (Å²) in [6, 6.07) is 4.00. The maximum absolute atomic E-state index is 10.9. The summed E-state index contributed by atoms with van der Waals surface area (Å²) < 4.78 is 0. The fourth-order valence-corrected chi connectivity index (χ4v) is 1.19. The van der Waals surface area contributed by atoms with Gasteiger partial charge in [-0.15, -0.1) is 12.4 Å². The normalized spacial score (nSPS) is 9.24. The Morgan fingerprint density at radius 2 is 2.12 bits per heavy atom. The maximum Gasteiger partial charge on any atom is 0.293 e. The van der Waals surface area contributed by atoms with Crippen molar-refractivity contribution in [2.24, 2.45) is 11.5 Å². The lowest BCUT2D eigenvalue weighted by Crippen LogP contribution is -2.15. The van der Waals surface area contributed by atoms with Crippen molar-refractivity contribution >= 4 is 29.7 Å². The molecule has 1 amide bonds. The first-order valence-electron chi connectivity index (χ1n) is 4.58. The first kappa shape index (κ1) is 15.1. The van der Waals surface area contributed by atoms with E-state index >= 15 is 0 Å². The van der Waals surface area contributed by atoms with Gasteiger partial charge in [0.1, 0.15) is 5.69 Å². The number of nitro groups is 1. The second-order valence-corrected chi connectivity index (χ2v) is 3.07. The van der Waals surface area contributed by atoms with E-state index in [1.807, 2.05) is 0 Å². The molecule has 0 aliphatic rings. The average molecular weight is 261 g/mol. The minimum absolute atomic E-state index is 0. The van der Waals surface area contributed by atoms with Crippen LogP contribution in [0.4, 0.5) is 11.4 Å². The molecule has 1 rings (SSSR count). The topological polar surface area (TPSA) is 124 Å². The number of rotatable bonds is 5. The lowest BCUT2D eigenvalue weighted by Gasteiger charge is -2.06. The summed E-state index contributed by atoms with van der Waals surface area (Å²) in [5, 5.41) is 13.5. The van der Waals surface area contributed by atoms with Crippen molar-refractivity contribution in [2.45, 2.75) is 0 Å². The molecule has 94 valence electrons. The van der Waals surface area contributed by atoms with E-state index in [-0.39, 0.29) is 23.7 Å². The molecule has 0 aliphatic carbocycles. The van der Waals surface area contributed by atoms with Crippen molar-refractivity contribution in [2.75, 3.05) is 18.4 Å². The predicted molar refractivity (Wildman–Crippen MR) is 66.4 cm³/mol. The van der Waals surface area contributed by atoms with Crippen molar-refractivity contribution in [3.8, 4) is 0 Å². The predicted octanol–water partition coefficient (Wildman–Crippen LogP) is 0.486. The highest BCUT2D eigenvalue weighted by molar-refractivity contribution is 5.94. The number of nitrogens with one attached hydrogen (secondary N) is 1. The van der Waals surface area contributed by atoms with Crippen LogP contribution in [0.3, 0.4) is 0 Å². The number of amides is 1. The van der Waals surface area contributed by atoms with Gasteiger partial charge in [0.15, 0.2) is 0 Å². The number of nitrogens with zero attached hydrogens (tertiary/aromatic N) is 1. The van der Waals surface area contributed by atoms with Crippen molar-refractivity contribution in [3.05, 3.63) is 33.9 Å². The molecule has 17 heavy (non-hydrogen) atoms. The second-order valence-electron chi connectivity index (χ2n) is 3.07. The van der Waals surface area contributed by atoms with Crippen LogP contribution in [0.15, 0.2) is 18.2 Å². The zero-order valence-electron chi connectivity index (χ0n) is 8.88. The lowest BCUT2D eigenvalue weighted by molar-refractivity contribution is -0.384. The zero-order valence-corrected chi connectivity index (χ0v) is 9.70. The van der Waals surface area contributed by atoms with Gasteiger partial charge in [0, 0.05) is 24.7 Å². The van der Waals surface area contributed by atoms with Crippen LogP contribution >= 0.6 is 12.4 Å². The molecule has 0 aromatic heterocycles. The minimum atomic E-state index is -0.700. The SMILES string of the molecule is Cl.NCCNc1ccc(C(N)=O)cc1[N+](=O)[O-]. The van der Waals surface area contributed by atoms with Crippen LogP contribution in [0.5, 0.6) is 0 Å². The Balaban J connectivity index is 0.00000256. The summed E-state index contributed by atoms with van der Waals surface area (Å²) >= 11 is 0. The van der Waals surface area contributed by atoms with Gasteiger partial charge in [0.05, 0.1) is 4.92 Å². The van der Waals surface area contributed by atoms with Crippen LogP contribution in [0, 0.1) is 10.1 Å². The largest absolute Gasteiger partial charge is 0.378 e. The van der Waals surface area contributed by atoms with Crippen LogP contribution in [0.1, 0.15) is 10.4 Å². The number of halogens is 1. The molecule has 1 aromatic carbocycles. The quantitative estimate of drug-likeness (QED) is 0.525. The molecule has 5 N–H and O–H groups in total. The Kier molecular flexibility index (Phi) is 5.94. The molecule has 0 spiro atoms. The molecule has 1 aromatic rings. The molecule has 7 nitrogen and oxygen atoms in total. The van der Waals surface area contributed by atoms with E-state index in [1.54, 1.807) is 0 Å². The monoisotopic (exact) mass is 260 g/mol. The van der Waals surface area contributed by atoms with E-state index in [1.165, 1.54) is 12.1 Å². The molecule has 8 heteroatoms. The summed E-state index contributed by atoms with van der Waals surface area (Å²) in [6.07, 6.45) is 0. The van der Waals surface area contributed by atoms with Crippen LogP contribution in [0.25, 0.3) is 0 Å². The highest BCUT2D eigenvalue weighted by Gasteiger charge is 2.15. The Morgan fingerprint density at radius 3 is 2.59 bits per heavy atom. The van der Waals surface area contributed by atoms with E-state index < -0.39 is 10.8 Å². The van der Waals surface area contributed by atoms with Gasteiger partial charge in [-0.3, -0.25) is 14.9 Å². The van der Waals surface area contributed by atoms with Crippen LogP contribution < -0.4 is 16.8 Å². The number of nitrogens with two attached hydrogens (primary N) is 2. The first-order valence-corrected chi connectivity index (χ1v) is 4.58. The number of benzene rings is 1. The number of carbonyl (C=O) groups excluding carboxylic acids is 1. The molecule has 0 bridgehead atoms. The highest BCUT2D eigenvalue weighted by atomic mass is 35.5. The average Bonchev–Trinajstić information content (AvgIpc) is 2.25. The molecule has 0 atom stereocenters. The van der Waals surface area contributed by atoms with Crippen molar-refractivity contribution in [1.29, 1.82) is 0 Å². The van der Waals surface area contributed by atoms with Crippen LogP contribution in [-0.2, 0) is 0 Å². The van der Waals surface area contributed by atoms with Gasteiger partial charge in [-0.2, -0.15) is 0 Å². The summed E-state index contributed by atoms with van der Waals surface area (Å²) in [5.41, 5.74) is 10.5. The van der Waals surface area contributed by atoms with Gasteiger partial charge >= 0.3 is 0 Å². The fourth-order valence-electron chi connectivity index (χ4n) is 1.19. The standard InChI is InChI=1S/C9H12N4O3.ClH/c10-3-4-12-7-2-1-6(9(11)14)5-8(7)13(15)16;/h1-2,5,12H,3-4,10H2,(H2,11,14);1H. The summed E-state index contributed by atoms with van der Waals surface area (Å²) in [5.74, 6) is -0.700. The maximum atomic E-state index is 10.9. The summed E-state index contributed by atoms with van der Waals surface area (Å²) in [4.78, 5) is 21.0. The van der Waals surface area contributed by atoms with Crippen molar-refractivity contribution < 1.29 is 9.72 Å². The number of primary amides is 1. The molecular weight excluding hydrogens is 248 g/mol. The fraction of sp³-hybridized carbons (Fsp3) is 0.222. The molecule has 0 unspecified atom stereocenters. The number of anilines is 1. The number of carbonyl (C=O) groups is 1. The van der Waals surface area contributed by atoms with Gasteiger partial charge in [-0.1, -0.05) is 0 Å². The van der Waals surface area contributed by atoms with Gasteiger partial charge in [0.25, 0.3) is 5.69 Å². The molecule has 0 saturated heterocycles. The smallest absolute Gasteiger partial charge is 0.293 e. The third-order valence-corrected chi connectivity index (χ3v) is 1.94. The lowest BCUT2D eigenvalue weighted by atomic mass is 10.1. The molecule has 0 saturated carbocycles. The Morgan fingerprint density at radius 1 is 1.47 bits per heavy atom. The van der Waals surface area contributed by atoms with E-state index in [2.05, 4.69) is 5.32 Å². The van der Waals surface area contributed by atoms with E-state index in [4.69, 9.17) is 11.5 Å². The molecular formula is C9H13ClN4O3. The zero-order chi connectivity index (χ0) is 12.1. The minimum Gasteiger partial charge on any atom is -0.378 e. The van der Waals surface area contributed by atoms with Crippen molar-refractivity contribution in [1.82, 2.24) is 0 Å². The van der Waals surface area contributed by atoms with Gasteiger partial charge in [0.2, 0.25) is 5.91 Å². The summed E-state index contributed by atoms with van der Waals surface area (Å²) in [6.45, 7) is 0.769. The molecule has 0 radical (unpaired) electrons. The van der Waals surface area contributed by atoms with Crippen molar-refractivity contribution in [3.63, 3.8) is 0 Å². The van der Waals surface area contributed by atoms with E-state index in [0.717, 1.165) is 6.07 Å².